The number of aryl methyl sites for hydroxylation is 1. The van der Waals surface area contributed by atoms with E-state index >= 15 is 0 Å². The molecule has 0 radical (unpaired) electrons. The molecule has 0 aromatic heterocycles. The van der Waals surface area contributed by atoms with Gasteiger partial charge in [-0.05, 0) is 71.5 Å². The van der Waals surface area contributed by atoms with E-state index in [0.29, 0.717) is 23.1 Å². The predicted molar refractivity (Wildman–Crippen MR) is 95.1 cm³/mol. The minimum atomic E-state index is -0.189. The number of hydrogen-bond acceptors (Lipinski definition) is 4. The topological polar surface area (TPSA) is 38.8 Å². The number of thiocarbonyl (C=S) groups is 1. The highest BCUT2D eigenvalue weighted by Crippen LogP contribution is 2.43. The molecule has 1 saturated carbocycles. The van der Waals surface area contributed by atoms with Gasteiger partial charge in [-0.1, -0.05) is 18.3 Å². The van der Waals surface area contributed by atoms with Crippen LogP contribution in [0.3, 0.4) is 0 Å². The van der Waals surface area contributed by atoms with E-state index in [0.717, 1.165) is 34.6 Å². The Balaban J connectivity index is 2.04. The van der Waals surface area contributed by atoms with Gasteiger partial charge < -0.3 is 4.74 Å². The average Bonchev–Trinajstić information content (AvgIpc) is 3.26. The van der Waals surface area contributed by atoms with Crippen LogP contribution in [0, 0.1) is 16.4 Å². The summed E-state index contributed by atoms with van der Waals surface area (Å²) in [5, 5.41) is 1.16. The fourth-order valence-electron chi connectivity index (χ4n) is 2.71. The summed E-state index contributed by atoms with van der Waals surface area (Å²) in [7, 11) is 1.54. The average molecular weight is 429 g/mol. The van der Waals surface area contributed by atoms with Crippen molar-refractivity contribution in [1.29, 1.82) is 0 Å². The second kappa shape index (κ2) is 6.25. The Morgan fingerprint density at radius 3 is 2.77 bits per heavy atom. The van der Waals surface area contributed by atoms with Crippen molar-refractivity contribution in [1.82, 2.24) is 5.06 Å². The molecule has 3 rings (SSSR count). The minimum Gasteiger partial charge on any atom is -0.480 e. The molecule has 1 aromatic rings. The quantitative estimate of drug-likeness (QED) is 0.312. The van der Waals surface area contributed by atoms with E-state index in [9.17, 15) is 4.79 Å². The van der Waals surface area contributed by atoms with Crippen molar-refractivity contribution in [3.63, 3.8) is 0 Å². The van der Waals surface area contributed by atoms with E-state index in [2.05, 4.69) is 28.7 Å². The lowest BCUT2D eigenvalue weighted by molar-refractivity contribution is -0.174. The van der Waals surface area contributed by atoms with Gasteiger partial charge in [-0.3, -0.25) is 9.63 Å². The molecule has 1 heterocycles. The number of hydroxylamine groups is 2. The fourth-order valence-corrected chi connectivity index (χ4v) is 3.79. The molecular formula is C16H16INO3S. The lowest BCUT2D eigenvalue weighted by atomic mass is 9.95. The molecule has 0 bridgehead atoms. The van der Waals surface area contributed by atoms with Crippen LogP contribution in [0.4, 0.5) is 0 Å². The molecule has 1 atom stereocenters. The monoisotopic (exact) mass is 429 g/mol. The van der Waals surface area contributed by atoms with Gasteiger partial charge in [0, 0.05) is 3.57 Å². The van der Waals surface area contributed by atoms with Crippen LogP contribution in [0.5, 0.6) is 0 Å². The van der Waals surface area contributed by atoms with Crippen molar-refractivity contribution in [2.75, 3.05) is 7.11 Å². The molecule has 0 N–H and O–H groups in total. The van der Waals surface area contributed by atoms with E-state index in [4.69, 9.17) is 21.8 Å². The van der Waals surface area contributed by atoms with Crippen molar-refractivity contribution in [2.45, 2.75) is 25.9 Å². The first-order valence-corrected chi connectivity index (χ1v) is 8.55. The standard InChI is InChI=1S/C16H16INO3S/c1-9-7-11(17)5-6-12(9)15(22)13-14(10-3-4-10)21-18(8-19)16(13)20-2/h5-8,10,14H,3-4H2,1-2H3. The SMILES string of the molecule is COC1=C(C(=S)c2ccc(I)cc2C)C(C2CC2)ON1C=O. The maximum Gasteiger partial charge on any atom is 0.240 e. The lowest BCUT2D eigenvalue weighted by Crippen LogP contribution is -2.22. The van der Waals surface area contributed by atoms with Crippen LogP contribution in [-0.2, 0) is 14.4 Å². The molecule has 1 unspecified atom stereocenters. The van der Waals surface area contributed by atoms with Crippen LogP contribution >= 0.6 is 34.8 Å². The van der Waals surface area contributed by atoms with E-state index in [1.165, 1.54) is 10.7 Å². The largest absolute Gasteiger partial charge is 0.480 e. The summed E-state index contributed by atoms with van der Waals surface area (Å²) in [5.41, 5.74) is 2.91. The normalized spacial score (nSPS) is 21.2. The molecule has 1 fully saturated rings. The van der Waals surface area contributed by atoms with Crippen LogP contribution < -0.4 is 0 Å². The number of rotatable bonds is 5. The van der Waals surface area contributed by atoms with Crippen molar-refractivity contribution >= 4 is 46.1 Å². The van der Waals surface area contributed by atoms with Crippen molar-refractivity contribution in [2.24, 2.45) is 5.92 Å². The zero-order chi connectivity index (χ0) is 15.9. The predicted octanol–water partition coefficient (Wildman–Crippen LogP) is 3.36. The van der Waals surface area contributed by atoms with Gasteiger partial charge in [-0.2, -0.15) is 5.06 Å². The molecule has 2 aliphatic rings. The fraction of sp³-hybridized carbons (Fsp3) is 0.375. The number of ether oxygens (including phenoxy) is 1. The molecule has 1 aliphatic heterocycles. The van der Waals surface area contributed by atoms with E-state index in [-0.39, 0.29) is 6.10 Å². The number of carbonyl (C=O) groups excluding carboxylic acids is 1. The van der Waals surface area contributed by atoms with Gasteiger partial charge in [0.2, 0.25) is 12.3 Å². The van der Waals surface area contributed by atoms with Gasteiger partial charge in [0.25, 0.3) is 0 Å². The third-order valence-electron chi connectivity index (χ3n) is 3.96. The third kappa shape index (κ3) is 2.79. The zero-order valence-electron chi connectivity index (χ0n) is 12.3. The summed E-state index contributed by atoms with van der Waals surface area (Å²) >= 11 is 8.00. The van der Waals surface area contributed by atoms with Gasteiger partial charge >= 0.3 is 0 Å². The first-order valence-electron chi connectivity index (χ1n) is 7.07. The number of halogens is 1. The number of nitrogens with zero attached hydrogens (tertiary/aromatic N) is 1. The highest BCUT2D eigenvalue weighted by atomic mass is 127. The second-order valence-electron chi connectivity index (χ2n) is 5.51. The van der Waals surface area contributed by atoms with E-state index in [1.54, 1.807) is 0 Å². The Labute approximate surface area is 148 Å². The summed E-state index contributed by atoms with van der Waals surface area (Å²) in [6, 6.07) is 6.14. The Morgan fingerprint density at radius 2 is 2.23 bits per heavy atom. The lowest BCUT2D eigenvalue weighted by Gasteiger charge is -2.14. The number of methoxy groups -OCH3 is 1. The highest BCUT2D eigenvalue weighted by molar-refractivity contribution is 14.1. The van der Waals surface area contributed by atoms with Crippen molar-refractivity contribution in [3.05, 3.63) is 44.4 Å². The van der Waals surface area contributed by atoms with Crippen LogP contribution in [-0.4, -0.2) is 29.6 Å². The van der Waals surface area contributed by atoms with Gasteiger partial charge in [-0.25, -0.2) is 0 Å². The third-order valence-corrected chi connectivity index (χ3v) is 5.07. The summed E-state index contributed by atoms with van der Waals surface area (Å²) in [4.78, 5) is 17.7. The van der Waals surface area contributed by atoms with Crippen LogP contribution in [0.25, 0.3) is 0 Å². The molecular weight excluding hydrogens is 413 g/mol. The maximum atomic E-state index is 11.2. The van der Waals surface area contributed by atoms with Crippen LogP contribution in [0.15, 0.2) is 29.7 Å². The minimum absolute atomic E-state index is 0.189. The first-order chi connectivity index (χ1) is 10.6. The Hall–Kier alpha value is -0.990. The maximum absolute atomic E-state index is 11.2. The van der Waals surface area contributed by atoms with Crippen LogP contribution in [0.1, 0.15) is 24.0 Å². The Kier molecular flexibility index (Phi) is 4.52. The highest BCUT2D eigenvalue weighted by Gasteiger charge is 2.45. The summed E-state index contributed by atoms with van der Waals surface area (Å²) in [6.45, 7) is 2.04. The number of carbonyl (C=O) groups is 1. The molecule has 1 aromatic carbocycles. The Bertz CT molecular complexity index is 669. The first kappa shape index (κ1) is 15.9. The van der Waals surface area contributed by atoms with Gasteiger partial charge in [0.15, 0.2) is 0 Å². The molecule has 0 spiro atoms. The number of hydrogen-bond donors (Lipinski definition) is 0. The van der Waals surface area contributed by atoms with E-state index < -0.39 is 0 Å². The molecule has 6 heteroatoms. The smallest absolute Gasteiger partial charge is 0.240 e. The summed E-state index contributed by atoms with van der Waals surface area (Å²) < 4.78 is 6.57. The molecule has 116 valence electrons. The van der Waals surface area contributed by atoms with E-state index in [1.807, 2.05) is 19.1 Å². The van der Waals surface area contributed by atoms with Gasteiger partial charge in [0.05, 0.1) is 17.5 Å². The summed E-state index contributed by atoms with van der Waals surface area (Å²) in [6.07, 6.45) is 2.62. The van der Waals surface area contributed by atoms with Crippen molar-refractivity contribution < 1.29 is 14.4 Å². The molecule has 1 amide bonds. The van der Waals surface area contributed by atoms with Crippen molar-refractivity contribution in [3.8, 4) is 0 Å². The molecule has 0 saturated heterocycles. The number of benzene rings is 1. The molecule has 1 aliphatic carbocycles. The Morgan fingerprint density at radius 1 is 1.50 bits per heavy atom. The second-order valence-corrected chi connectivity index (χ2v) is 7.16. The van der Waals surface area contributed by atoms with Gasteiger partial charge in [0.1, 0.15) is 6.10 Å². The summed E-state index contributed by atoms with van der Waals surface area (Å²) in [5.74, 6) is 0.821. The zero-order valence-corrected chi connectivity index (χ0v) is 15.3. The number of amides is 1. The van der Waals surface area contributed by atoms with Crippen LogP contribution in [0.2, 0.25) is 0 Å². The molecule has 22 heavy (non-hydrogen) atoms. The van der Waals surface area contributed by atoms with Gasteiger partial charge in [-0.15, -0.1) is 0 Å². The molecule has 4 nitrogen and oxygen atoms in total.